The molecular formula is C25H35FN4O4S. The van der Waals surface area contributed by atoms with Crippen LogP contribution in [0.1, 0.15) is 32.8 Å². The Morgan fingerprint density at radius 2 is 1.60 bits per heavy atom. The number of rotatable bonds is 12. The Labute approximate surface area is 207 Å². The summed E-state index contributed by atoms with van der Waals surface area (Å²) in [6.45, 7) is 5.79. The van der Waals surface area contributed by atoms with Crippen molar-refractivity contribution < 1.29 is 22.4 Å². The van der Waals surface area contributed by atoms with Crippen LogP contribution < -0.4 is 9.62 Å². The summed E-state index contributed by atoms with van der Waals surface area (Å²) in [6, 6.07) is 13.3. The monoisotopic (exact) mass is 506 g/mol. The number of amides is 2. The van der Waals surface area contributed by atoms with Gasteiger partial charge in [0.25, 0.3) is 0 Å². The third-order valence-electron chi connectivity index (χ3n) is 5.40. The van der Waals surface area contributed by atoms with Gasteiger partial charge in [-0.25, -0.2) is 8.70 Å². The van der Waals surface area contributed by atoms with Crippen LogP contribution in [0.4, 0.5) is 10.1 Å². The van der Waals surface area contributed by atoms with Crippen molar-refractivity contribution in [3.05, 3.63) is 66.0 Å². The van der Waals surface area contributed by atoms with Crippen molar-refractivity contribution in [2.24, 2.45) is 5.92 Å². The summed E-state index contributed by atoms with van der Waals surface area (Å²) in [6.07, 6.45) is 0.347. The zero-order valence-electron chi connectivity index (χ0n) is 20.9. The lowest BCUT2D eigenvalue weighted by molar-refractivity contribution is -0.140. The van der Waals surface area contributed by atoms with E-state index in [9.17, 15) is 22.4 Å². The van der Waals surface area contributed by atoms with Gasteiger partial charge >= 0.3 is 10.2 Å². The van der Waals surface area contributed by atoms with Gasteiger partial charge in [0.2, 0.25) is 11.8 Å². The SMILES string of the molecule is CC[C@@H](C(=O)NCC(C)C)N(Cc1ccccc1)C(=O)CN(c1ccc(F)cc1)S(=O)(=O)N(C)C. The third kappa shape index (κ3) is 7.76. The minimum Gasteiger partial charge on any atom is -0.354 e. The van der Waals surface area contributed by atoms with Crippen LogP contribution in [0.25, 0.3) is 0 Å². The maximum absolute atomic E-state index is 13.7. The number of nitrogens with one attached hydrogen (secondary N) is 1. The van der Waals surface area contributed by atoms with Crippen LogP contribution in [0.5, 0.6) is 0 Å². The molecule has 0 aliphatic rings. The van der Waals surface area contributed by atoms with Gasteiger partial charge in [-0.15, -0.1) is 0 Å². The van der Waals surface area contributed by atoms with E-state index in [1.165, 1.54) is 31.1 Å². The van der Waals surface area contributed by atoms with Gasteiger partial charge in [0.15, 0.2) is 0 Å². The standard InChI is InChI=1S/C25H35FN4O4S/c1-6-23(25(32)27-16-19(2)3)29(17-20-10-8-7-9-11-20)24(31)18-30(35(33,34)28(4)5)22-14-12-21(26)13-15-22/h7-15,19,23H,6,16-18H2,1-5H3,(H,27,32)/t23-/m0/s1. The summed E-state index contributed by atoms with van der Waals surface area (Å²) < 4.78 is 41.6. The largest absolute Gasteiger partial charge is 0.354 e. The van der Waals surface area contributed by atoms with E-state index >= 15 is 0 Å². The number of carbonyl (C=O) groups excluding carboxylic acids is 2. The number of nitrogens with zero attached hydrogens (tertiary/aromatic N) is 3. The van der Waals surface area contributed by atoms with Crippen LogP contribution in [0.2, 0.25) is 0 Å². The van der Waals surface area contributed by atoms with Crippen LogP contribution in [-0.2, 0) is 26.3 Å². The topological polar surface area (TPSA) is 90.0 Å². The molecule has 192 valence electrons. The fourth-order valence-corrected chi connectivity index (χ4v) is 4.50. The average molecular weight is 507 g/mol. The Balaban J connectivity index is 2.45. The first-order chi connectivity index (χ1) is 16.5. The van der Waals surface area contributed by atoms with E-state index in [1.807, 2.05) is 44.2 Å². The first-order valence-corrected chi connectivity index (χ1v) is 12.9. The number of hydrogen-bond acceptors (Lipinski definition) is 4. The molecular weight excluding hydrogens is 471 g/mol. The van der Waals surface area contributed by atoms with Crippen molar-refractivity contribution in [1.29, 1.82) is 0 Å². The lowest BCUT2D eigenvalue weighted by atomic mass is 10.1. The molecule has 0 aliphatic carbocycles. The predicted molar refractivity (Wildman–Crippen MR) is 135 cm³/mol. The van der Waals surface area contributed by atoms with Crippen LogP contribution in [-0.4, -0.2) is 62.7 Å². The molecule has 0 aliphatic heterocycles. The molecule has 0 bridgehead atoms. The van der Waals surface area contributed by atoms with Gasteiger partial charge in [-0.1, -0.05) is 51.1 Å². The summed E-state index contributed by atoms with van der Waals surface area (Å²) >= 11 is 0. The Morgan fingerprint density at radius 3 is 2.11 bits per heavy atom. The molecule has 0 aromatic heterocycles. The normalized spacial score (nSPS) is 12.5. The number of hydrogen-bond donors (Lipinski definition) is 1. The molecule has 8 nitrogen and oxygen atoms in total. The van der Waals surface area contributed by atoms with Crippen molar-refractivity contribution in [3.63, 3.8) is 0 Å². The van der Waals surface area contributed by atoms with Crippen LogP contribution >= 0.6 is 0 Å². The maximum Gasteiger partial charge on any atom is 0.304 e. The van der Waals surface area contributed by atoms with E-state index in [0.717, 1.165) is 26.3 Å². The fraction of sp³-hybridized carbons (Fsp3) is 0.440. The Hall–Kier alpha value is -2.98. The highest BCUT2D eigenvalue weighted by atomic mass is 32.2. The molecule has 10 heteroatoms. The first kappa shape index (κ1) is 28.3. The number of halogens is 1. The smallest absolute Gasteiger partial charge is 0.304 e. The van der Waals surface area contributed by atoms with E-state index in [4.69, 9.17) is 0 Å². The number of carbonyl (C=O) groups is 2. The number of anilines is 1. The Bertz CT molecular complexity index is 1080. The molecule has 0 unspecified atom stereocenters. The Kier molecular flexibility index (Phi) is 10.2. The van der Waals surface area contributed by atoms with E-state index in [1.54, 1.807) is 6.92 Å². The Morgan fingerprint density at radius 1 is 1.00 bits per heavy atom. The maximum atomic E-state index is 13.7. The molecule has 1 atom stereocenters. The van der Waals surface area contributed by atoms with Gasteiger partial charge in [0.05, 0.1) is 5.69 Å². The van der Waals surface area contributed by atoms with E-state index in [-0.39, 0.29) is 24.1 Å². The highest BCUT2D eigenvalue weighted by molar-refractivity contribution is 7.90. The van der Waals surface area contributed by atoms with Crippen molar-refractivity contribution in [3.8, 4) is 0 Å². The third-order valence-corrected chi connectivity index (χ3v) is 7.22. The molecule has 0 radical (unpaired) electrons. The molecule has 2 rings (SSSR count). The fourth-order valence-electron chi connectivity index (χ4n) is 3.45. The molecule has 2 aromatic rings. The second-order valence-electron chi connectivity index (χ2n) is 8.84. The molecule has 0 heterocycles. The molecule has 0 saturated carbocycles. The van der Waals surface area contributed by atoms with Gasteiger partial charge in [0.1, 0.15) is 18.4 Å². The van der Waals surface area contributed by atoms with Crippen LogP contribution in [0.15, 0.2) is 54.6 Å². The molecule has 2 aromatic carbocycles. The van der Waals surface area contributed by atoms with E-state index in [2.05, 4.69) is 5.32 Å². The molecule has 35 heavy (non-hydrogen) atoms. The van der Waals surface area contributed by atoms with Crippen molar-refractivity contribution >= 4 is 27.7 Å². The molecule has 2 amide bonds. The zero-order valence-corrected chi connectivity index (χ0v) is 21.8. The highest BCUT2D eigenvalue weighted by Crippen LogP contribution is 2.21. The summed E-state index contributed by atoms with van der Waals surface area (Å²) in [7, 11) is -1.38. The van der Waals surface area contributed by atoms with E-state index in [0.29, 0.717) is 13.0 Å². The van der Waals surface area contributed by atoms with Gasteiger partial charge in [-0.3, -0.25) is 9.59 Å². The van der Waals surface area contributed by atoms with Gasteiger partial charge in [-0.05, 0) is 42.2 Å². The molecule has 0 spiro atoms. The zero-order chi connectivity index (χ0) is 26.2. The summed E-state index contributed by atoms with van der Waals surface area (Å²) in [5.41, 5.74) is 0.949. The summed E-state index contributed by atoms with van der Waals surface area (Å²) in [5.74, 6) is -1.14. The second kappa shape index (κ2) is 12.6. The molecule has 1 N–H and O–H groups in total. The molecule has 0 saturated heterocycles. The quantitative estimate of drug-likeness (QED) is 0.479. The van der Waals surface area contributed by atoms with E-state index < -0.39 is 34.5 Å². The number of benzene rings is 2. The lowest BCUT2D eigenvalue weighted by Gasteiger charge is -2.34. The van der Waals surface area contributed by atoms with Crippen molar-refractivity contribution in [2.75, 3.05) is 31.5 Å². The summed E-state index contributed by atoms with van der Waals surface area (Å²) in [5, 5.41) is 2.88. The minimum absolute atomic E-state index is 0.131. The van der Waals surface area contributed by atoms with Gasteiger partial charge < -0.3 is 10.2 Å². The predicted octanol–water partition coefficient (Wildman–Crippen LogP) is 3.02. The minimum atomic E-state index is -4.08. The lowest BCUT2D eigenvalue weighted by Crippen LogP contribution is -2.53. The van der Waals surface area contributed by atoms with Gasteiger partial charge in [-0.2, -0.15) is 12.7 Å². The van der Waals surface area contributed by atoms with Gasteiger partial charge in [0, 0.05) is 27.2 Å². The van der Waals surface area contributed by atoms with Crippen LogP contribution in [0.3, 0.4) is 0 Å². The van der Waals surface area contributed by atoms with Crippen molar-refractivity contribution in [2.45, 2.75) is 39.8 Å². The van der Waals surface area contributed by atoms with Crippen molar-refractivity contribution in [1.82, 2.24) is 14.5 Å². The second-order valence-corrected chi connectivity index (χ2v) is 10.9. The first-order valence-electron chi connectivity index (χ1n) is 11.5. The average Bonchev–Trinajstić information content (AvgIpc) is 2.82. The molecule has 0 fully saturated rings. The summed E-state index contributed by atoms with van der Waals surface area (Å²) in [4.78, 5) is 28.1. The highest BCUT2D eigenvalue weighted by Gasteiger charge is 2.33. The van der Waals surface area contributed by atoms with Crippen LogP contribution in [0, 0.1) is 11.7 Å².